The number of hydrogen-bond acceptors (Lipinski definition) is 8. The van der Waals surface area contributed by atoms with E-state index in [1.165, 1.54) is 54.9 Å². The van der Waals surface area contributed by atoms with E-state index in [9.17, 15) is 14.0 Å². The van der Waals surface area contributed by atoms with E-state index >= 15 is 4.39 Å². The van der Waals surface area contributed by atoms with Gasteiger partial charge in [-0.25, -0.2) is 13.8 Å². The van der Waals surface area contributed by atoms with E-state index in [1.807, 2.05) is 13.8 Å². The van der Waals surface area contributed by atoms with Gasteiger partial charge in [0, 0.05) is 49.5 Å². The maximum atomic E-state index is 15.2. The molecule has 3 aromatic heterocycles. The number of hydrogen-bond donors (Lipinski definition) is 3. The average Bonchev–Trinajstić information content (AvgIpc) is 3.37. The fourth-order valence-electron chi connectivity index (χ4n) is 4.17. The van der Waals surface area contributed by atoms with Gasteiger partial charge in [0.05, 0.1) is 5.69 Å². The minimum absolute atomic E-state index is 0.0971. The Morgan fingerprint density at radius 1 is 1.05 bits per heavy atom. The summed E-state index contributed by atoms with van der Waals surface area (Å²) in [7, 11) is 1.63. The molecule has 2 aromatic carbocycles. The number of rotatable bonds is 10. The van der Waals surface area contributed by atoms with Crippen molar-refractivity contribution >= 4 is 28.4 Å². The Morgan fingerprint density at radius 3 is 2.57 bits per heavy atom. The highest BCUT2D eigenvalue weighted by Crippen LogP contribution is 2.35. The normalized spacial score (nSPS) is 11.5. The van der Waals surface area contributed by atoms with E-state index in [2.05, 4.69) is 30.9 Å². The second-order valence-electron chi connectivity index (χ2n) is 10.00. The molecular formula is C29H27F2N7O4. The molecule has 0 aliphatic heterocycles. The summed E-state index contributed by atoms with van der Waals surface area (Å²) in [4.78, 5) is 30.1. The van der Waals surface area contributed by atoms with Gasteiger partial charge in [0.2, 0.25) is 0 Å². The van der Waals surface area contributed by atoms with Crippen molar-refractivity contribution in [2.24, 2.45) is 0 Å². The molecule has 0 bridgehead atoms. The Balaban J connectivity index is 1.35. The van der Waals surface area contributed by atoms with E-state index in [0.29, 0.717) is 35.6 Å². The summed E-state index contributed by atoms with van der Waals surface area (Å²) in [6.07, 6.45) is 3.48. The van der Waals surface area contributed by atoms with Gasteiger partial charge in [0.1, 0.15) is 22.5 Å². The van der Waals surface area contributed by atoms with Gasteiger partial charge in [-0.3, -0.25) is 14.7 Å². The van der Waals surface area contributed by atoms with Gasteiger partial charge >= 0.3 is 0 Å². The Kier molecular flexibility index (Phi) is 7.93. The molecule has 0 spiro atoms. The van der Waals surface area contributed by atoms with Crippen molar-refractivity contribution in [2.75, 3.05) is 24.4 Å². The smallest absolute Gasteiger partial charge is 0.284 e. The number of carbonyl (C=O) groups excluding carboxylic acids is 1. The first kappa shape index (κ1) is 28.4. The van der Waals surface area contributed by atoms with Gasteiger partial charge in [-0.2, -0.15) is 14.9 Å². The standard InChI is InChI=1S/C29H27F2N7O4/c1-29(2,12-15-41-3)35-26-24-23(11-13-32-25(24)36-37-26)42-22-9-6-18(16-21(22)31)34-27(39)20-10-14-33-38(28(20)40)19-7-4-17(30)5-8-19/h4-11,13-14,16H,12,15H2,1-3H3,(H,34,39)(H2,32,35,36,37). The molecule has 3 heterocycles. The molecule has 0 fully saturated rings. The number of aromatic amines is 1. The Morgan fingerprint density at radius 2 is 1.83 bits per heavy atom. The molecule has 13 heteroatoms. The number of halogens is 2. The van der Waals surface area contributed by atoms with Gasteiger partial charge in [0.25, 0.3) is 11.5 Å². The lowest BCUT2D eigenvalue weighted by atomic mass is 10.0. The van der Waals surface area contributed by atoms with Gasteiger partial charge in [-0.05, 0) is 62.7 Å². The number of H-pyrrole nitrogens is 1. The molecule has 216 valence electrons. The molecule has 3 N–H and O–H groups in total. The minimum atomic E-state index is -0.771. The van der Waals surface area contributed by atoms with Crippen LogP contribution in [-0.4, -0.2) is 50.1 Å². The molecule has 0 aliphatic carbocycles. The van der Waals surface area contributed by atoms with Crippen LogP contribution in [0.25, 0.3) is 16.7 Å². The fourth-order valence-corrected chi connectivity index (χ4v) is 4.17. The number of anilines is 2. The molecule has 0 unspecified atom stereocenters. The molecule has 1 amide bonds. The first-order chi connectivity index (χ1) is 20.1. The van der Waals surface area contributed by atoms with Gasteiger partial charge in [-0.15, -0.1) is 0 Å². The summed E-state index contributed by atoms with van der Waals surface area (Å²) in [5.41, 5.74) is -0.497. The Hall–Kier alpha value is -5.17. The van der Waals surface area contributed by atoms with Crippen LogP contribution in [0.3, 0.4) is 0 Å². The molecule has 0 saturated carbocycles. The number of methoxy groups -OCH3 is 1. The first-order valence-electron chi connectivity index (χ1n) is 12.9. The highest BCUT2D eigenvalue weighted by molar-refractivity contribution is 6.04. The van der Waals surface area contributed by atoms with Crippen molar-refractivity contribution in [3.63, 3.8) is 0 Å². The zero-order chi connectivity index (χ0) is 29.9. The lowest BCUT2D eigenvalue weighted by Crippen LogP contribution is -2.32. The van der Waals surface area contributed by atoms with Crippen molar-refractivity contribution < 1.29 is 23.0 Å². The van der Waals surface area contributed by atoms with E-state index in [-0.39, 0.29) is 28.2 Å². The maximum Gasteiger partial charge on any atom is 0.284 e. The molecule has 5 aromatic rings. The van der Waals surface area contributed by atoms with Crippen molar-refractivity contribution in [1.82, 2.24) is 25.0 Å². The van der Waals surface area contributed by atoms with Crippen LogP contribution < -0.4 is 20.9 Å². The number of nitrogens with zero attached hydrogens (tertiary/aromatic N) is 4. The number of amides is 1. The van der Waals surface area contributed by atoms with Crippen LogP contribution in [0, 0.1) is 11.6 Å². The summed E-state index contributed by atoms with van der Waals surface area (Å²) in [5.74, 6) is -1.31. The van der Waals surface area contributed by atoms with Crippen LogP contribution >= 0.6 is 0 Å². The monoisotopic (exact) mass is 575 g/mol. The molecule has 0 radical (unpaired) electrons. The molecule has 0 aliphatic rings. The van der Waals surface area contributed by atoms with Crippen LogP contribution in [0.15, 0.2) is 71.8 Å². The third-order valence-corrected chi connectivity index (χ3v) is 6.38. The first-order valence-corrected chi connectivity index (χ1v) is 12.9. The van der Waals surface area contributed by atoms with Crippen LogP contribution in [-0.2, 0) is 4.74 Å². The summed E-state index contributed by atoms with van der Waals surface area (Å²) in [6.45, 7) is 4.55. The molecule has 5 rings (SSSR count). The van der Waals surface area contributed by atoms with E-state index in [4.69, 9.17) is 9.47 Å². The topological polar surface area (TPSA) is 136 Å². The van der Waals surface area contributed by atoms with Crippen molar-refractivity contribution in [2.45, 2.75) is 25.8 Å². The number of carbonyl (C=O) groups is 1. The minimum Gasteiger partial charge on any atom is -0.453 e. The second-order valence-corrected chi connectivity index (χ2v) is 10.00. The van der Waals surface area contributed by atoms with Crippen LogP contribution in [0.2, 0.25) is 0 Å². The second kappa shape index (κ2) is 11.7. The largest absolute Gasteiger partial charge is 0.453 e. The predicted molar refractivity (Wildman–Crippen MR) is 152 cm³/mol. The molecule has 0 atom stereocenters. The lowest BCUT2D eigenvalue weighted by Gasteiger charge is -2.26. The number of pyridine rings is 1. The van der Waals surface area contributed by atoms with Crippen molar-refractivity contribution in [3.8, 4) is 17.2 Å². The quantitative estimate of drug-likeness (QED) is 0.210. The summed E-state index contributed by atoms with van der Waals surface area (Å²) < 4.78 is 40.5. The van der Waals surface area contributed by atoms with E-state index in [0.717, 1.165) is 10.7 Å². The maximum absolute atomic E-state index is 15.2. The Bertz CT molecular complexity index is 1800. The molecule has 42 heavy (non-hydrogen) atoms. The zero-order valence-corrected chi connectivity index (χ0v) is 22.9. The van der Waals surface area contributed by atoms with Gasteiger partial charge < -0.3 is 20.1 Å². The van der Waals surface area contributed by atoms with Crippen molar-refractivity contribution in [3.05, 3.63) is 94.5 Å². The van der Waals surface area contributed by atoms with Crippen molar-refractivity contribution in [1.29, 1.82) is 0 Å². The zero-order valence-electron chi connectivity index (χ0n) is 22.9. The molecule has 11 nitrogen and oxygen atoms in total. The van der Waals surface area contributed by atoms with Crippen LogP contribution in [0.1, 0.15) is 30.6 Å². The SMILES string of the molecule is COCCC(C)(C)Nc1n[nH]c2nccc(Oc3ccc(NC(=O)c4ccnn(-c5ccc(F)cc5)c4=O)cc3F)c12. The molecular weight excluding hydrogens is 548 g/mol. The summed E-state index contributed by atoms with van der Waals surface area (Å²) in [5, 5.41) is 17.5. The van der Waals surface area contributed by atoms with Gasteiger partial charge in [0.15, 0.2) is 23.0 Å². The average molecular weight is 576 g/mol. The van der Waals surface area contributed by atoms with E-state index < -0.39 is 23.1 Å². The third kappa shape index (κ3) is 6.10. The van der Waals surface area contributed by atoms with Gasteiger partial charge in [-0.1, -0.05) is 0 Å². The highest BCUT2D eigenvalue weighted by atomic mass is 19.1. The van der Waals surface area contributed by atoms with Crippen LogP contribution in [0.5, 0.6) is 11.5 Å². The third-order valence-electron chi connectivity index (χ3n) is 6.38. The number of fused-ring (bicyclic) bond motifs is 1. The number of aromatic nitrogens is 5. The summed E-state index contributed by atoms with van der Waals surface area (Å²) >= 11 is 0. The number of ether oxygens (including phenoxy) is 2. The number of nitrogens with one attached hydrogen (secondary N) is 3. The number of benzene rings is 2. The van der Waals surface area contributed by atoms with Crippen LogP contribution in [0.4, 0.5) is 20.3 Å². The lowest BCUT2D eigenvalue weighted by molar-refractivity contribution is 0.102. The highest BCUT2D eigenvalue weighted by Gasteiger charge is 2.23. The summed E-state index contributed by atoms with van der Waals surface area (Å²) in [6, 6.07) is 11.8. The molecule has 0 saturated heterocycles. The Labute approximate surface area is 238 Å². The van der Waals surface area contributed by atoms with E-state index in [1.54, 1.807) is 13.2 Å². The predicted octanol–water partition coefficient (Wildman–Crippen LogP) is 5.05. The fraction of sp³-hybridized carbons (Fsp3) is 0.207.